The molecule has 12 heavy (non-hydrogen) atoms. The minimum Gasteiger partial charge on any atom is -0.306 e. The fraction of sp³-hybridized carbons (Fsp3) is 0.571. The van der Waals surface area contributed by atoms with E-state index in [1.807, 2.05) is 13.1 Å². The molecular formula is C7H14O3Si2. The molecule has 0 fully saturated rings. The molecule has 0 heterocycles. The normalized spacial score (nSPS) is 11.5. The van der Waals surface area contributed by atoms with Gasteiger partial charge >= 0.3 is 0 Å². The van der Waals surface area contributed by atoms with E-state index in [-0.39, 0.29) is 29.4 Å². The van der Waals surface area contributed by atoms with Crippen LogP contribution < -0.4 is 0 Å². The fourth-order valence-electron chi connectivity index (χ4n) is 0.752. The lowest BCUT2D eigenvalue weighted by Gasteiger charge is -1.95. The molecule has 68 valence electrons. The Labute approximate surface area is 76.6 Å². The molecule has 0 amide bonds. The van der Waals surface area contributed by atoms with Crippen molar-refractivity contribution in [2.75, 3.05) is 0 Å². The SMILES string of the molecule is C[SiH2]C(=O)CC(=O)CC(=O)[SiH2]C. The smallest absolute Gasteiger partial charge is 0.146 e. The average molecular weight is 202 g/mol. The minimum absolute atomic E-state index is 0.00284. The van der Waals surface area contributed by atoms with Gasteiger partial charge in [-0.3, -0.25) is 4.79 Å². The van der Waals surface area contributed by atoms with E-state index < -0.39 is 19.0 Å². The average Bonchev–Trinajstić information content (AvgIpc) is 2.03. The third-order valence-corrected chi connectivity index (χ3v) is 3.65. The quantitative estimate of drug-likeness (QED) is 0.402. The van der Waals surface area contributed by atoms with Gasteiger partial charge in [-0.25, -0.2) is 0 Å². The van der Waals surface area contributed by atoms with Gasteiger partial charge in [0.05, 0.1) is 31.9 Å². The van der Waals surface area contributed by atoms with Gasteiger partial charge in [0, 0.05) is 0 Å². The number of hydrogen-bond acceptors (Lipinski definition) is 3. The van der Waals surface area contributed by atoms with Crippen molar-refractivity contribution < 1.29 is 14.4 Å². The number of ketones is 1. The standard InChI is InChI=1S/C7H14O3Si2/c1-11-6(9)3-5(8)4-7(10)12-2/h3-4,11-12H2,1-2H3. The molecule has 0 bridgehead atoms. The van der Waals surface area contributed by atoms with Gasteiger partial charge in [0.2, 0.25) is 0 Å². The summed E-state index contributed by atoms with van der Waals surface area (Å²) >= 11 is 0. The van der Waals surface area contributed by atoms with Gasteiger partial charge < -0.3 is 9.59 Å². The molecule has 0 unspecified atom stereocenters. The van der Waals surface area contributed by atoms with Crippen LogP contribution in [0.25, 0.3) is 0 Å². The summed E-state index contributed by atoms with van der Waals surface area (Å²) in [7, 11) is -1.41. The van der Waals surface area contributed by atoms with E-state index in [0.29, 0.717) is 0 Å². The minimum atomic E-state index is -0.704. The first-order chi connectivity index (χ1) is 5.60. The lowest BCUT2D eigenvalue weighted by Crippen LogP contribution is -2.17. The molecule has 0 saturated carbocycles. The molecule has 0 aliphatic carbocycles. The summed E-state index contributed by atoms with van der Waals surface area (Å²) in [5, 5.41) is 0.121. The van der Waals surface area contributed by atoms with Crippen molar-refractivity contribution in [1.82, 2.24) is 0 Å². The molecule has 0 aromatic carbocycles. The van der Waals surface area contributed by atoms with Crippen LogP contribution >= 0.6 is 0 Å². The van der Waals surface area contributed by atoms with E-state index in [2.05, 4.69) is 0 Å². The van der Waals surface area contributed by atoms with Crippen LogP contribution in [0.2, 0.25) is 13.1 Å². The second kappa shape index (κ2) is 6.02. The molecule has 0 aliphatic rings. The Balaban J connectivity index is 3.74. The van der Waals surface area contributed by atoms with E-state index >= 15 is 0 Å². The van der Waals surface area contributed by atoms with Crippen LogP contribution in [0.15, 0.2) is 0 Å². The highest BCUT2D eigenvalue weighted by atomic mass is 28.2. The molecule has 0 aromatic rings. The molecular weight excluding hydrogens is 188 g/mol. The van der Waals surface area contributed by atoms with Crippen LogP contribution in [-0.2, 0) is 14.4 Å². The molecule has 0 spiro atoms. The van der Waals surface area contributed by atoms with Gasteiger partial charge in [0.25, 0.3) is 0 Å². The van der Waals surface area contributed by atoms with Crippen LogP contribution in [-0.4, -0.2) is 35.6 Å². The molecule has 0 aromatic heterocycles. The molecule has 0 rings (SSSR count). The van der Waals surface area contributed by atoms with E-state index in [1.165, 1.54) is 0 Å². The van der Waals surface area contributed by atoms with Crippen molar-refractivity contribution in [1.29, 1.82) is 0 Å². The van der Waals surface area contributed by atoms with Crippen molar-refractivity contribution >= 4 is 35.6 Å². The summed E-state index contributed by atoms with van der Waals surface area (Å²) in [6, 6.07) is 0. The summed E-state index contributed by atoms with van der Waals surface area (Å²) in [6.45, 7) is 3.71. The predicted molar refractivity (Wildman–Crippen MR) is 53.1 cm³/mol. The third-order valence-electron chi connectivity index (χ3n) is 1.58. The van der Waals surface area contributed by atoms with E-state index in [0.717, 1.165) is 0 Å². The third kappa shape index (κ3) is 5.14. The number of carbonyl (C=O) groups excluding carboxylic acids is 3. The summed E-state index contributed by atoms with van der Waals surface area (Å²) in [4.78, 5) is 32.7. The van der Waals surface area contributed by atoms with E-state index in [1.54, 1.807) is 0 Å². The Bertz CT molecular complexity index is 181. The predicted octanol–water partition coefficient (Wildman–Crippen LogP) is -1.18. The summed E-state index contributed by atoms with van der Waals surface area (Å²) in [5.74, 6) is -0.186. The Morgan fingerprint density at radius 3 is 1.50 bits per heavy atom. The second-order valence-electron chi connectivity index (χ2n) is 2.68. The first-order valence-electron chi connectivity index (χ1n) is 4.15. The summed E-state index contributed by atoms with van der Waals surface area (Å²) in [6.07, 6.45) is 0.00568. The Morgan fingerprint density at radius 2 is 1.25 bits per heavy atom. The van der Waals surface area contributed by atoms with Crippen LogP contribution in [0.5, 0.6) is 0 Å². The van der Waals surface area contributed by atoms with E-state index in [9.17, 15) is 14.4 Å². The van der Waals surface area contributed by atoms with Gasteiger partial charge in [-0.05, 0) is 0 Å². The maximum absolute atomic E-state index is 11.0. The zero-order valence-corrected chi connectivity index (χ0v) is 10.4. The Morgan fingerprint density at radius 1 is 0.917 bits per heavy atom. The zero-order chi connectivity index (χ0) is 9.56. The fourth-order valence-corrected chi connectivity index (χ4v) is 1.81. The lowest BCUT2D eigenvalue weighted by atomic mass is 10.2. The Kier molecular flexibility index (Phi) is 5.74. The van der Waals surface area contributed by atoms with Crippen molar-refractivity contribution in [2.45, 2.75) is 25.9 Å². The van der Waals surface area contributed by atoms with Crippen LogP contribution in [0.4, 0.5) is 0 Å². The molecule has 3 nitrogen and oxygen atoms in total. The van der Waals surface area contributed by atoms with Crippen molar-refractivity contribution in [2.24, 2.45) is 0 Å². The highest BCUT2D eigenvalue weighted by Crippen LogP contribution is 1.92. The van der Waals surface area contributed by atoms with Gasteiger partial charge in [-0.1, -0.05) is 13.1 Å². The summed E-state index contributed by atoms with van der Waals surface area (Å²) < 4.78 is 0. The maximum Gasteiger partial charge on any atom is 0.146 e. The monoisotopic (exact) mass is 202 g/mol. The largest absolute Gasteiger partial charge is 0.306 e. The molecule has 0 N–H and O–H groups in total. The van der Waals surface area contributed by atoms with Crippen LogP contribution in [0, 0.1) is 0 Å². The second-order valence-corrected chi connectivity index (χ2v) is 5.67. The molecule has 0 aliphatic heterocycles. The van der Waals surface area contributed by atoms with Crippen LogP contribution in [0.1, 0.15) is 12.8 Å². The zero-order valence-electron chi connectivity index (χ0n) is 7.55. The van der Waals surface area contributed by atoms with Gasteiger partial charge in [-0.2, -0.15) is 0 Å². The molecule has 0 radical (unpaired) electrons. The van der Waals surface area contributed by atoms with Gasteiger partial charge in [0.1, 0.15) is 16.6 Å². The van der Waals surface area contributed by atoms with Crippen molar-refractivity contribution in [3.8, 4) is 0 Å². The molecule has 0 atom stereocenters. The highest BCUT2D eigenvalue weighted by Gasteiger charge is 2.10. The van der Waals surface area contributed by atoms with Gasteiger partial charge in [-0.15, -0.1) is 0 Å². The molecule has 0 saturated heterocycles. The maximum atomic E-state index is 11.0. The summed E-state index contributed by atoms with van der Waals surface area (Å²) in [5.41, 5.74) is 0. The topological polar surface area (TPSA) is 51.2 Å². The number of Topliss-reactive ketones (excluding diaryl/α,β-unsaturated/α-hetero) is 1. The highest BCUT2D eigenvalue weighted by molar-refractivity contribution is 6.75. The first kappa shape index (κ1) is 11.4. The van der Waals surface area contributed by atoms with Crippen molar-refractivity contribution in [3.05, 3.63) is 0 Å². The van der Waals surface area contributed by atoms with E-state index in [4.69, 9.17) is 0 Å². The molecule has 5 heteroatoms. The number of rotatable bonds is 6. The van der Waals surface area contributed by atoms with Crippen LogP contribution in [0.3, 0.4) is 0 Å². The van der Waals surface area contributed by atoms with Crippen molar-refractivity contribution in [3.63, 3.8) is 0 Å². The van der Waals surface area contributed by atoms with Gasteiger partial charge in [0.15, 0.2) is 0 Å². The Hall–Kier alpha value is -0.556. The number of hydrogen-bond donors (Lipinski definition) is 0. The lowest BCUT2D eigenvalue weighted by molar-refractivity contribution is -0.126. The number of carbonyl (C=O) groups is 3. The first-order valence-corrected chi connectivity index (χ1v) is 8.39.